The number of phenols is 1. The molecule has 2 heteroatoms. The molecular formula is C13H12O2. The minimum absolute atomic E-state index is 0.143. The molecule has 1 N–H and O–H groups in total. The van der Waals surface area contributed by atoms with E-state index >= 15 is 0 Å². The molecule has 2 aromatic rings. The van der Waals surface area contributed by atoms with E-state index in [0.29, 0.717) is 0 Å². The van der Waals surface area contributed by atoms with E-state index in [-0.39, 0.29) is 11.7 Å². The maximum Gasteiger partial charge on any atom is 0.127 e. The van der Waals surface area contributed by atoms with Gasteiger partial charge in [-0.3, -0.25) is 0 Å². The summed E-state index contributed by atoms with van der Waals surface area (Å²) in [6.45, 7) is 1.85. The third-order valence-corrected chi connectivity index (χ3v) is 2.63. The summed E-state index contributed by atoms with van der Waals surface area (Å²) < 4.78 is 0. The summed E-state index contributed by atoms with van der Waals surface area (Å²) in [7, 11) is 0. The van der Waals surface area contributed by atoms with Crippen LogP contribution in [0.25, 0.3) is 10.8 Å². The third kappa shape index (κ3) is 1.59. The van der Waals surface area contributed by atoms with Crippen molar-refractivity contribution in [3.63, 3.8) is 0 Å². The molecule has 0 spiro atoms. The van der Waals surface area contributed by atoms with Crippen LogP contribution in [0.1, 0.15) is 18.4 Å². The number of carbonyl (C=O) groups is 1. The Kier molecular flexibility index (Phi) is 2.42. The Morgan fingerprint density at radius 3 is 2.53 bits per heavy atom. The Balaban J connectivity index is 2.76. The van der Waals surface area contributed by atoms with Crippen LogP contribution in [0.3, 0.4) is 0 Å². The van der Waals surface area contributed by atoms with Gasteiger partial charge in [0.25, 0.3) is 0 Å². The highest BCUT2D eigenvalue weighted by atomic mass is 16.3. The van der Waals surface area contributed by atoms with Gasteiger partial charge in [0.1, 0.15) is 12.0 Å². The Hall–Kier alpha value is -1.83. The average molecular weight is 200 g/mol. The number of carbonyl (C=O) groups excluding carboxylic acids is 1. The van der Waals surface area contributed by atoms with Gasteiger partial charge < -0.3 is 9.90 Å². The molecule has 0 aliphatic carbocycles. The van der Waals surface area contributed by atoms with Gasteiger partial charge in [0.2, 0.25) is 0 Å². The fourth-order valence-corrected chi connectivity index (χ4v) is 1.79. The molecule has 0 bridgehead atoms. The number of aldehydes is 1. The lowest BCUT2D eigenvalue weighted by atomic mass is 9.95. The number of fused-ring (bicyclic) bond motifs is 1. The summed E-state index contributed by atoms with van der Waals surface area (Å²) in [6.07, 6.45) is 0.915. The van der Waals surface area contributed by atoms with Crippen LogP contribution in [0.2, 0.25) is 0 Å². The lowest BCUT2D eigenvalue weighted by molar-refractivity contribution is -0.108. The first-order valence-corrected chi connectivity index (χ1v) is 4.90. The Bertz CT molecular complexity index is 503. The van der Waals surface area contributed by atoms with E-state index in [4.69, 9.17) is 0 Å². The molecule has 0 radical (unpaired) electrons. The van der Waals surface area contributed by atoms with Crippen molar-refractivity contribution in [3.8, 4) is 5.75 Å². The van der Waals surface area contributed by atoms with E-state index in [0.717, 1.165) is 22.6 Å². The van der Waals surface area contributed by atoms with Crippen molar-refractivity contribution in [2.75, 3.05) is 0 Å². The molecule has 15 heavy (non-hydrogen) atoms. The summed E-state index contributed by atoms with van der Waals surface area (Å²) >= 11 is 0. The fraction of sp³-hybridized carbons (Fsp3) is 0.154. The Morgan fingerprint density at radius 2 is 1.80 bits per heavy atom. The minimum Gasteiger partial charge on any atom is -0.507 e. The number of hydrogen-bond donors (Lipinski definition) is 1. The predicted octanol–water partition coefficient (Wildman–Crippen LogP) is 2.85. The number of phenolic OH excluding ortho intramolecular Hbond substituents is 1. The van der Waals surface area contributed by atoms with Crippen LogP contribution in [0.5, 0.6) is 5.75 Å². The SMILES string of the molecule is CC(C=O)c1cccc2c(O)cccc12. The van der Waals surface area contributed by atoms with Gasteiger partial charge in [-0.05, 0) is 17.0 Å². The number of aromatic hydroxyl groups is 1. The number of rotatable bonds is 2. The first-order chi connectivity index (χ1) is 7.24. The monoisotopic (exact) mass is 200 g/mol. The van der Waals surface area contributed by atoms with Crippen LogP contribution in [-0.4, -0.2) is 11.4 Å². The lowest BCUT2D eigenvalue weighted by Crippen LogP contribution is -1.95. The van der Waals surface area contributed by atoms with Crippen LogP contribution >= 0.6 is 0 Å². The topological polar surface area (TPSA) is 37.3 Å². The van der Waals surface area contributed by atoms with Crippen molar-refractivity contribution in [3.05, 3.63) is 42.0 Å². The van der Waals surface area contributed by atoms with Gasteiger partial charge in [0.05, 0.1) is 0 Å². The smallest absolute Gasteiger partial charge is 0.127 e. The minimum atomic E-state index is -0.143. The van der Waals surface area contributed by atoms with Crippen LogP contribution in [0.4, 0.5) is 0 Å². The zero-order valence-corrected chi connectivity index (χ0v) is 8.47. The van der Waals surface area contributed by atoms with E-state index in [2.05, 4.69) is 0 Å². The van der Waals surface area contributed by atoms with E-state index in [1.54, 1.807) is 12.1 Å². The number of hydrogen-bond acceptors (Lipinski definition) is 2. The molecule has 2 aromatic carbocycles. The molecule has 2 rings (SSSR count). The van der Waals surface area contributed by atoms with E-state index in [1.165, 1.54) is 0 Å². The molecule has 76 valence electrons. The van der Waals surface area contributed by atoms with Crippen LogP contribution in [0.15, 0.2) is 36.4 Å². The van der Waals surface area contributed by atoms with Gasteiger partial charge in [-0.15, -0.1) is 0 Å². The first-order valence-electron chi connectivity index (χ1n) is 4.90. The zero-order chi connectivity index (χ0) is 10.8. The molecule has 0 aliphatic rings. The molecular weight excluding hydrogens is 188 g/mol. The molecule has 2 nitrogen and oxygen atoms in total. The van der Waals surface area contributed by atoms with Crippen LogP contribution in [0, 0.1) is 0 Å². The number of benzene rings is 2. The fourth-order valence-electron chi connectivity index (χ4n) is 1.79. The van der Waals surface area contributed by atoms with Gasteiger partial charge >= 0.3 is 0 Å². The van der Waals surface area contributed by atoms with E-state index in [1.807, 2.05) is 31.2 Å². The second-order valence-electron chi connectivity index (χ2n) is 3.64. The standard InChI is InChI=1S/C13H12O2/c1-9(8-14)10-4-2-6-12-11(10)5-3-7-13(12)15/h2-9,15H,1H3. The summed E-state index contributed by atoms with van der Waals surface area (Å²) in [5.41, 5.74) is 0.957. The van der Waals surface area contributed by atoms with E-state index < -0.39 is 0 Å². The van der Waals surface area contributed by atoms with Gasteiger partial charge in [-0.2, -0.15) is 0 Å². The molecule has 0 fully saturated rings. The molecule has 0 amide bonds. The third-order valence-electron chi connectivity index (χ3n) is 2.63. The second-order valence-corrected chi connectivity index (χ2v) is 3.64. The molecule has 0 heterocycles. The molecule has 0 aliphatic heterocycles. The van der Waals surface area contributed by atoms with Gasteiger partial charge in [0, 0.05) is 11.3 Å². The van der Waals surface area contributed by atoms with Crippen LogP contribution in [-0.2, 0) is 4.79 Å². The summed E-state index contributed by atoms with van der Waals surface area (Å²) in [6, 6.07) is 11.0. The molecule has 1 unspecified atom stereocenters. The average Bonchev–Trinajstić information content (AvgIpc) is 2.28. The Morgan fingerprint density at radius 1 is 1.13 bits per heavy atom. The molecule has 0 aromatic heterocycles. The highest BCUT2D eigenvalue weighted by Gasteiger charge is 2.09. The largest absolute Gasteiger partial charge is 0.507 e. The van der Waals surface area contributed by atoms with Crippen molar-refractivity contribution in [2.24, 2.45) is 0 Å². The maximum absolute atomic E-state index is 10.8. The summed E-state index contributed by atoms with van der Waals surface area (Å²) in [5, 5.41) is 11.4. The zero-order valence-electron chi connectivity index (χ0n) is 8.47. The molecule has 0 saturated heterocycles. The quantitative estimate of drug-likeness (QED) is 0.757. The van der Waals surface area contributed by atoms with Crippen molar-refractivity contribution >= 4 is 17.1 Å². The summed E-state index contributed by atoms with van der Waals surface area (Å²) in [5.74, 6) is 0.114. The predicted molar refractivity (Wildman–Crippen MR) is 60.1 cm³/mol. The van der Waals surface area contributed by atoms with Crippen molar-refractivity contribution < 1.29 is 9.90 Å². The van der Waals surface area contributed by atoms with Crippen molar-refractivity contribution in [1.29, 1.82) is 0 Å². The normalized spacial score (nSPS) is 12.6. The molecule has 1 atom stereocenters. The van der Waals surface area contributed by atoms with Crippen molar-refractivity contribution in [1.82, 2.24) is 0 Å². The van der Waals surface area contributed by atoms with Gasteiger partial charge in [0.15, 0.2) is 0 Å². The van der Waals surface area contributed by atoms with E-state index in [9.17, 15) is 9.90 Å². The van der Waals surface area contributed by atoms with Gasteiger partial charge in [-0.25, -0.2) is 0 Å². The highest BCUT2D eigenvalue weighted by molar-refractivity contribution is 5.92. The van der Waals surface area contributed by atoms with Crippen LogP contribution < -0.4 is 0 Å². The highest BCUT2D eigenvalue weighted by Crippen LogP contribution is 2.29. The maximum atomic E-state index is 10.8. The first kappa shape index (κ1) is 9.71. The Labute approximate surface area is 88.2 Å². The second kappa shape index (κ2) is 3.73. The summed E-state index contributed by atoms with van der Waals surface area (Å²) in [4.78, 5) is 10.8. The van der Waals surface area contributed by atoms with Gasteiger partial charge in [-0.1, -0.05) is 37.3 Å². The lowest BCUT2D eigenvalue weighted by Gasteiger charge is -2.09. The van der Waals surface area contributed by atoms with Crippen molar-refractivity contribution in [2.45, 2.75) is 12.8 Å². The molecule has 0 saturated carbocycles.